The smallest absolute Gasteiger partial charge is 0.143 e. The summed E-state index contributed by atoms with van der Waals surface area (Å²) in [5.41, 5.74) is 8.50. The second-order valence-corrected chi connectivity index (χ2v) is 16.2. The van der Waals surface area contributed by atoms with Gasteiger partial charge in [-0.15, -0.1) is 0 Å². The first-order valence-electron chi connectivity index (χ1n) is 19.9. The molecule has 62 heavy (non-hydrogen) atoms. The molecule has 0 saturated carbocycles. The van der Waals surface area contributed by atoms with E-state index in [1.165, 1.54) is 48.5 Å². The summed E-state index contributed by atoms with van der Waals surface area (Å²) in [6.07, 6.45) is 0. The van der Waals surface area contributed by atoms with Crippen LogP contribution in [-0.4, -0.2) is 0 Å². The molecule has 0 aliphatic rings. The van der Waals surface area contributed by atoms with E-state index in [1.54, 1.807) is 12.1 Å². The van der Waals surface area contributed by atoms with Crippen molar-refractivity contribution >= 4 is 76.2 Å². The van der Waals surface area contributed by atoms with Gasteiger partial charge in [-0.1, -0.05) is 24.3 Å². The number of rotatable bonds is 4. The van der Waals surface area contributed by atoms with Gasteiger partial charge in [0.2, 0.25) is 0 Å². The van der Waals surface area contributed by atoms with Crippen molar-refractivity contribution in [2.75, 3.05) is 0 Å². The van der Waals surface area contributed by atoms with Gasteiger partial charge < -0.3 is 8.83 Å². The van der Waals surface area contributed by atoms with Gasteiger partial charge in [0.25, 0.3) is 0 Å². The number of hydrogen-bond acceptors (Lipinski definition) is 2. The molecule has 2 aromatic heterocycles. The zero-order chi connectivity index (χ0) is 42.3. The fourth-order valence-electron chi connectivity index (χ4n) is 9.69. The van der Waals surface area contributed by atoms with Crippen LogP contribution in [0.2, 0.25) is 0 Å². The number of halogens is 6. The zero-order valence-electron chi connectivity index (χ0n) is 32.8. The second-order valence-electron chi connectivity index (χ2n) is 16.2. The number of benzene rings is 10. The summed E-state index contributed by atoms with van der Waals surface area (Å²) in [5.74, 6) is -3.68. The van der Waals surface area contributed by atoms with Crippen molar-refractivity contribution in [1.82, 2.24) is 0 Å². The van der Waals surface area contributed by atoms with Crippen LogP contribution in [0, 0.1) is 48.8 Å². The Bertz CT molecular complexity index is 3620. The summed E-state index contributed by atoms with van der Waals surface area (Å²) < 4.78 is 102. The predicted molar refractivity (Wildman–Crippen MR) is 236 cm³/mol. The molecule has 0 aliphatic heterocycles. The van der Waals surface area contributed by atoms with Gasteiger partial charge in [-0.25, -0.2) is 26.3 Å². The highest BCUT2D eigenvalue weighted by atomic mass is 19.2. The molecule has 12 rings (SSSR count). The third kappa shape index (κ3) is 5.39. The van der Waals surface area contributed by atoms with Crippen LogP contribution < -0.4 is 0 Å². The Labute approximate surface area is 348 Å². The van der Waals surface area contributed by atoms with Crippen molar-refractivity contribution in [1.29, 1.82) is 0 Å². The van der Waals surface area contributed by atoms with Gasteiger partial charge in [0.1, 0.15) is 57.2 Å². The molecule has 298 valence electrons. The highest BCUT2D eigenvalue weighted by molar-refractivity contribution is 6.38. The summed E-state index contributed by atoms with van der Waals surface area (Å²) in [5, 5.41) is 6.87. The Hall–Kier alpha value is -7.58. The largest absolute Gasteiger partial charge is 0.455 e. The van der Waals surface area contributed by atoms with Gasteiger partial charge in [-0.3, -0.25) is 0 Å². The average molecular weight is 823 g/mol. The molecule has 12 aromatic rings. The minimum absolute atomic E-state index is 0.294. The van der Waals surface area contributed by atoms with Crippen LogP contribution in [0.1, 0.15) is 11.1 Å². The topological polar surface area (TPSA) is 26.3 Å². The highest BCUT2D eigenvalue weighted by Gasteiger charge is 2.26. The molecule has 10 aromatic carbocycles. The van der Waals surface area contributed by atoms with E-state index in [-0.39, 0.29) is 11.6 Å². The first kappa shape index (κ1) is 36.3. The number of fused-ring (bicyclic) bond motifs is 8. The van der Waals surface area contributed by atoms with E-state index in [2.05, 4.69) is 0 Å². The molecule has 2 nitrogen and oxygen atoms in total. The minimum Gasteiger partial charge on any atom is -0.455 e. The van der Waals surface area contributed by atoms with E-state index < -0.39 is 23.3 Å². The van der Waals surface area contributed by atoms with Crippen LogP contribution in [-0.2, 0) is 0 Å². The van der Waals surface area contributed by atoms with Crippen LogP contribution >= 0.6 is 0 Å². The summed E-state index contributed by atoms with van der Waals surface area (Å²) in [7, 11) is 0. The molecule has 0 aliphatic carbocycles. The van der Waals surface area contributed by atoms with Gasteiger partial charge in [-0.2, -0.15) is 0 Å². The van der Waals surface area contributed by atoms with Gasteiger partial charge in [0.05, 0.1) is 0 Å². The Morgan fingerprint density at radius 2 is 0.694 bits per heavy atom. The lowest BCUT2D eigenvalue weighted by Crippen LogP contribution is -1.93. The molecule has 2 heterocycles. The Morgan fingerprint density at radius 1 is 0.290 bits per heavy atom. The molecule has 0 atom stereocenters. The average Bonchev–Trinajstić information content (AvgIpc) is 3.79. The van der Waals surface area contributed by atoms with Gasteiger partial charge in [-0.05, 0) is 177 Å². The minimum atomic E-state index is -0.749. The molecule has 0 radical (unpaired) electrons. The Balaban J connectivity index is 1.25. The summed E-state index contributed by atoms with van der Waals surface area (Å²) >= 11 is 0. The van der Waals surface area contributed by atoms with Crippen LogP contribution in [0.3, 0.4) is 0 Å². The molecule has 0 fully saturated rings. The molecule has 0 spiro atoms. The van der Waals surface area contributed by atoms with Crippen LogP contribution in [0.15, 0.2) is 142 Å². The van der Waals surface area contributed by atoms with Crippen molar-refractivity contribution in [3.8, 4) is 44.5 Å². The van der Waals surface area contributed by atoms with Gasteiger partial charge in [0.15, 0.2) is 0 Å². The Morgan fingerprint density at radius 3 is 1.08 bits per heavy atom. The monoisotopic (exact) mass is 822 g/mol. The maximum absolute atomic E-state index is 15.2. The van der Waals surface area contributed by atoms with Crippen LogP contribution in [0.5, 0.6) is 0 Å². The van der Waals surface area contributed by atoms with Crippen molar-refractivity contribution in [3.05, 3.63) is 179 Å². The van der Waals surface area contributed by atoms with E-state index >= 15 is 17.6 Å². The molecular weight excluding hydrogens is 795 g/mol. The molecule has 0 bridgehead atoms. The Kier molecular flexibility index (Phi) is 7.59. The maximum Gasteiger partial charge on any atom is 0.143 e. The third-order valence-corrected chi connectivity index (χ3v) is 12.4. The van der Waals surface area contributed by atoms with Crippen LogP contribution in [0.25, 0.3) is 121 Å². The molecule has 8 heteroatoms. The third-order valence-electron chi connectivity index (χ3n) is 12.4. The van der Waals surface area contributed by atoms with Crippen molar-refractivity contribution in [2.24, 2.45) is 0 Å². The molecule has 0 amide bonds. The van der Waals surface area contributed by atoms with E-state index in [1.807, 2.05) is 74.5 Å². The van der Waals surface area contributed by atoms with Gasteiger partial charge in [0, 0.05) is 55.2 Å². The maximum atomic E-state index is 15.2. The molecule has 0 saturated heterocycles. The quantitative estimate of drug-likeness (QED) is 0.131. The first-order chi connectivity index (χ1) is 29.9. The number of aryl methyl sites for hydroxylation is 2. The lowest BCUT2D eigenvalue weighted by atomic mass is 9.84. The standard InChI is InChI=1S/C54H28F6O2/c1-25-11-31(55)5-9-37(25)27-3-7-39-45-23-43-42(30-15-35(59)20-36(60)16-30)22-48-52-44(24-46-40-8-4-28(18-50(40)62-54(46)48)38-10-6-32(56)12-26(38)2)41(29-13-33(57)19-34(58)14-29)21-47(51(43)52)53(45)61-49(39)17-27/h3-24H,1-2H3. The summed E-state index contributed by atoms with van der Waals surface area (Å²) in [6, 6.07) is 35.2. The molecule has 0 N–H and O–H groups in total. The van der Waals surface area contributed by atoms with E-state index in [0.29, 0.717) is 87.7 Å². The summed E-state index contributed by atoms with van der Waals surface area (Å²) in [4.78, 5) is 0. The summed E-state index contributed by atoms with van der Waals surface area (Å²) in [6.45, 7) is 3.67. The SMILES string of the molecule is Cc1cc(F)ccc1-c1ccc2c(c1)oc1c2cc2c(-c3cc(F)cc(F)c3)cc3c4oc5cc(-c6ccc(F)cc6C)ccc5c4cc4c(-c5cc(F)cc(F)c5)cc1c2c43. The second kappa shape index (κ2) is 13.0. The predicted octanol–water partition coefficient (Wildman–Crippen LogP) is 16.5. The van der Waals surface area contributed by atoms with Crippen molar-refractivity contribution in [3.63, 3.8) is 0 Å². The zero-order valence-corrected chi connectivity index (χ0v) is 32.8. The van der Waals surface area contributed by atoms with E-state index in [9.17, 15) is 8.78 Å². The van der Waals surface area contributed by atoms with E-state index in [4.69, 9.17) is 8.83 Å². The lowest BCUT2D eigenvalue weighted by Gasteiger charge is -2.19. The van der Waals surface area contributed by atoms with Crippen LogP contribution in [0.4, 0.5) is 26.3 Å². The fourth-order valence-corrected chi connectivity index (χ4v) is 9.69. The van der Waals surface area contributed by atoms with Gasteiger partial charge >= 0.3 is 0 Å². The lowest BCUT2D eigenvalue weighted by molar-refractivity contribution is 0.583. The number of hydrogen-bond donors (Lipinski definition) is 0. The molecule has 0 unspecified atom stereocenters. The van der Waals surface area contributed by atoms with Crippen molar-refractivity contribution in [2.45, 2.75) is 13.8 Å². The highest BCUT2D eigenvalue weighted by Crippen LogP contribution is 2.51. The van der Waals surface area contributed by atoms with Crippen molar-refractivity contribution < 1.29 is 35.2 Å². The normalized spacial score (nSPS) is 12.2. The van der Waals surface area contributed by atoms with E-state index in [0.717, 1.165) is 56.3 Å². The number of furan rings is 2. The fraction of sp³-hybridized carbons (Fsp3) is 0.0370. The first-order valence-corrected chi connectivity index (χ1v) is 19.9. The molecular formula is C54H28F6O2.